The maximum Gasteiger partial charge on any atom is 0.418 e. The topological polar surface area (TPSA) is 194 Å². The SMILES string of the molecule is CC(NC(=O)c1cc(C(=O)NC(C)c2ncc(C(=O)Nc3cc(C(F)(F)F)c(Cl)cn3)s2)ncn1)c1ncc(C(=O)Nc2cc(C(F)(F)F)c(Cl)cn2)s1. The van der Waals surface area contributed by atoms with Gasteiger partial charge in [-0.25, -0.2) is 29.9 Å². The average Bonchev–Trinajstić information content (AvgIpc) is 3.81. The minimum Gasteiger partial charge on any atom is -0.342 e. The highest BCUT2D eigenvalue weighted by molar-refractivity contribution is 7.14. The lowest BCUT2D eigenvalue weighted by atomic mass is 10.2. The van der Waals surface area contributed by atoms with Crippen LogP contribution in [0.2, 0.25) is 10.0 Å². The number of hydrogen-bond donors (Lipinski definition) is 4. The van der Waals surface area contributed by atoms with E-state index in [1.54, 1.807) is 13.8 Å². The predicted octanol–water partition coefficient (Wildman–Crippen LogP) is 7.01. The summed E-state index contributed by atoms with van der Waals surface area (Å²) in [5, 5.41) is 8.93. The van der Waals surface area contributed by atoms with Crippen LogP contribution in [-0.4, -0.2) is 53.5 Å². The zero-order valence-corrected chi connectivity index (χ0v) is 30.1. The Bertz CT molecular complexity index is 2100. The molecule has 4 amide bonds. The highest BCUT2D eigenvalue weighted by Crippen LogP contribution is 2.36. The molecule has 0 aliphatic heterocycles. The van der Waals surface area contributed by atoms with Crippen LogP contribution in [0.4, 0.5) is 38.0 Å². The van der Waals surface area contributed by atoms with Crippen molar-refractivity contribution in [3.63, 3.8) is 0 Å². The molecular weight excluding hydrogens is 813 g/mol. The van der Waals surface area contributed by atoms with Crippen molar-refractivity contribution < 1.29 is 45.5 Å². The first kappa shape index (κ1) is 39.9. The van der Waals surface area contributed by atoms with E-state index in [4.69, 9.17) is 23.2 Å². The fourth-order valence-corrected chi connectivity index (χ4v) is 6.31. The van der Waals surface area contributed by atoms with E-state index in [1.807, 2.05) is 0 Å². The second-order valence-corrected chi connectivity index (χ2v) is 13.7. The van der Waals surface area contributed by atoms with Crippen molar-refractivity contribution in [2.75, 3.05) is 10.6 Å². The zero-order chi connectivity index (χ0) is 39.5. The van der Waals surface area contributed by atoms with Crippen molar-refractivity contribution in [1.29, 1.82) is 0 Å². The van der Waals surface area contributed by atoms with Crippen LogP contribution < -0.4 is 21.3 Å². The van der Waals surface area contributed by atoms with E-state index in [0.29, 0.717) is 12.1 Å². The van der Waals surface area contributed by atoms with Gasteiger partial charge in [-0.3, -0.25) is 19.2 Å². The second-order valence-electron chi connectivity index (χ2n) is 10.8. The van der Waals surface area contributed by atoms with Gasteiger partial charge in [-0.05, 0) is 26.0 Å². The third-order valence-corrected chi connectivity index (χ3v) is 9.83. The van der Waals surface area contributed by atoms with Gasteiger partial charge in [0.25, 0.3) is 23.6 Å². The van der Waals surface area contributed by atoms with Gasteiger partial charge in [0, 0.05) is 18.5 Å². The summed E-state index contributed by atoms with van der Waals surface area (Å²) in [6, 6.07) is 0.696. The number of anilines is 2. The van der Waals surface area contributed by atoms with Crippen LogP contribution in [0.1, 0.15) is 87.4 Å². The molecule has 2 unspecified atom stereocenters. The number of rotatable bonds is 10. The van der Waals surface area contributed by atoms with E-state index in [2.05, 4.69) is 51.2 Å². The first-order valence-corrected chi connectivity index (χ1v) is 17.1. The number of amides is 4. The van der Waals surface area contributed by atoms with Crippen molar-refractivity contribution in [3.8, 4) is 0 Å². The molecule has 5 heterocycles. The molecule has 0 bridgehead atoms. The Labute approximate surface area is 316 Å². The summed E-state index contributed by atoms with van der Waals surface area (Å²) in [4.78, 5) is 74.6. The van der Waals surface area contributed by atoms with E-state index < -0.39 is 80.9 Å². The molecule has 5 aromatic rings. The summed E-state index contributed by atoms with van der Waals surface area (Å²) < 4.78 is 79.0. The molecule has 282 valence electrons. The largest absolute Gasteiger partial charge is 0.418 e. The van der Waals surface area contributed by atoms with E-state index in [-0.39, 0.29) is 31.2 Å². The van der Waals surface area contributed by atoms with Crippen LogP contribution in [0.15, 0.2) is 49.3 Å². The fourth-order valence-electron chi connectivity index (χ4n) is 4.26. The summed E-state index contributed by atoms with van der Waals surface area (Å²) in [6.45, 7) is 3.08. The first-order chi connectivity index (χ1) is 25.3. The Morgan fingerprint density at radius 1 is 0.593 bits per heavy atom. The molecule has 0 aromatic carbocycles. The summed E-state index contributed by atoms with van der Waals surface area (Å²) in [7, 11) is 0. The molecule has 0 aliphatic rings. The van der Waals surface area contributed by atoms with Gasteiger partial charge < -0.3 is 21.3 Å². The molecule has 0 aliphatic carbocycles. The minimum absolute atomic E-state index is 0.00223. The van der Waals surface area contributed by atoms with Crippen molar-refractivity contribution in [3.05, 3.63) is 102 Å². The summed E-state index contributed by atoms with van der Waals surface area (Å²) >= 11 is 12.8. The molecule has 2 atom stereocenters. The second kappa shape index (κ2) is 16.0. The summed E-state index contributed by atoms with van der Waals surface area (Å²) in [5.41, 5.74) is -2.79. The van der Waals surface area contributed by atoms with Crippen LogP contribution in [0.5, 0.6) is 0 Å². The molecule has 4 N–H and O–H groups in total. The molecule has 54 heavy (non-hydrogen) atoms. The normalized spacial score (nSPS) is 12.8. The Balaban J connectivity index is 1.17. The van der Waals surface area contributed by atoms with E-state index in [9.17, 15) is 45.5 Å². The number of pyridine rings is 2. The van der Waals surface area contributed by atoms with Gasteiger partial charge in [0.05, 0.1) is 45.6 Å². The molecule has 5 rings (SSSR count). The minimum atomic E-state index is -4.77. The van der Waals surface area contributed by atoms with Crippen LogP contribution in [-0.2, 0) is 12.4 Å². The monoisotopic (exact) mass is 832 g/mol. The third kappa shape index (κ3) is 9.61. The van der Waals surface area contributed by atoms with Gasteiger partial charge in [0.2, 0.25) is 0 Å². The Morgan fingerprint density at radius 3 is 1.35 bits per heavy atom. The molecule has 0 saturated heterocycles. The van der Waals surface area contributed by atoms with Gasteiger partial charge in [0.15, 0.2) is 0 Å². The molecule has 14 nitrogen and oxygen atoms in total. The van der Waals surface area contributed by atoms with E-state index in [0.717, 1.165) is 59.9 Å². The summed E-state index contributed by atoms with van der Waals surface area (Å²) in [6.07, 6.45) is -4.74. The molecule has 5 aromatic heterocycles. The standard InChI is InChI=1S/C30H20Cl2F6N10O4S2/c1-11(27-41-8-19(53-27)25(51)47-21-3-13(29(33,34)35)15(31)6-39-21)45-23(49)17-5-18(44-10-43-17)24(50)46-12(2)28-42-9-20(54-28)26(52)48-22-4-14(30(36,37)38)16(32)7-40-22/h3-12H,1-2H3,(H,45,49)(H,46,50)(H,39,47,51)(H,40,48,52). The maximum atomic E-state index is 13.2. The average molecular weight is 834 g/mol. The van der Waals surface area contributed by atoms with Crippen LogP contribution in [0.25, 0.3) is 0 Å². The molecular formula is C30H20Cl2F6N10O4S2. The number of thiazole rings is 2. The number of aromatic nitrogens is 6. The number of nitrogens with one attached hydrogen (secondary N) is 4. The van der Waals surface area contributed by atoms with Gasteiger partial charge in [0.1, 0.15) is 49.1 Å². The van der Waals surface area contributed by atoms with Crippen molar-refractivity contribution in [1.82, 2.24) is 40.5 Å². The van der Waals surface area contributed by atoms with Crippen LogP contribution >= 0.6 is 45.9 Å². The van der Waals surface area contributed by atoms with Gasteiger partial charge in [-0.2, -0.15) is 26.3 Å². The number of hydrogen-bond acceptors (Lipinski definition) is 12. The summed E-state index contributed by atoms with van der Waals surface area (Å²) in [5.74, 6) is -3.90. The maximum absolute atomic E-state index is 13.2. The van der Waals surface area contributed by atoms with Gasteiger partial charge in [-0.1, -0.05) is 23.2 Å². The number of halogens is 8. The lowest BCUT2D eigenvalue weighted by molar-refractivity contribution is -0.138. The van der Waals surface area contributed by atoms with Crippen LogP contribution in [0, 0.1) is 0 Å². The van der Waals surface area contributed by atoms with E-state index in [1.165, 1.54) is 0 Å². The number of nitrogens with zero attached hydrogens (tertiary/aromatic N) is 6. The lowest BCUT2D eigenvalue weighted by Gasteiger charge is -2.12. The first-order valence-electron chi connectivity index (χ1n) is 14.7. The number of carbonyl (C=O) groups is 4. The molecule has 0 saturated carbocycles. The fraction of sp³-hybridized carbons (Fsp3) is 0.200. The Hall–Kier alpha value is -5.32. The van der Waals surface area contributed by atoms with Gasteiger partial charge in [-0.15, -0.1) is 22.7 Å². The molecule has 0 radical (unpaired) electrons. The Kier molecular flexibility index (Phi) is 11.8. The molecule has 24 heteroatoms. The van der Waals surface area contributed by atoms with Gasteiger partial charge >= 0.3 is 12.4 Å². The lowest BCUT2D eigenvalue weighted by Crippen LogP contribution is -2.30. The Morgan fingerprint density at radius 2 is 0.981 bits per heavy atom. The van der Waals surface area contributed by atoms with Crippen molar-refractivity contribution in [2.24, 2.45) is 0 Å². The zero-order valence-electron chi connectivity index (χ0n) is 26.9. The van der Waals surface area contributed by atoms with E-state index >= 15 is 0 Å². The van der Waals surface area contributed by atoms with Crippen LogP contribution in [0.3, 0.4) is 0 Å². The molecule has 0 spiro atoms. The third-order valence-electron chi connectivity index (χ3n) is 6.87. The van der Waals surface area contributed by atoms with Crippen molar-refractivity contribution >= 4 is 81.1 Å². The number of carbonyl (C=O) groups excluding carboxylic acids is 4. The predicted molar refractivity (Wildman–Crippen MR) is 182 cm³/mol. The highest BCUT2D eigenvalue weighted by atomic mass is 35.5. The van der Waals surface area contributed by atoms with Crippen molar-refractivity contribution in [2.45, 2.75) is 38.3 Å². The molecule has 0 fully saturated rings. The quantitative estimate of drug-likeness (QED) is 0.106. The highest BCUT2D eigenvalue weighted by Gasteiger charge is 2.35. The smallest absolute Gasteiger partial charge is 0.342 e. The number of alkyl halides is 6.